The van der Waals surface area contributed by atoms with E-state index in [4.69, 9.17) is 0 Å². The highest BCUT2D eigenvalue weighted by Crippen LogP contribution is 2.20. The molecular formula is C14H13NO4S2. The van der Waals surface area contributed by atoms with Crippen molar-refractivity contribution in [2.75, 3.05) is 0 Å². The fourth-order valence-electron chi connectivity index (χ4n) is 1.76. The molecule has 0 radical (unpaired) electrons. The van der Waals surface area contributed by atoms with Gasteiger partial charge in [-0.3, -0.25) is 9.59 Å². The first kappa shape index (κ1) is 15.4. The van der Waals surface area contributed by atoms with E-state index in [9.17, 15) is 18.0 Å². The second-order valence-electron chi connectivity index (χ2n) is 4.28. The molecule has 5 nitrogen and oxygen atoms in total. The summed E-state index contributed by atoms with van der Waals surface area (Å²) in [6.45, 7) is 1.18. The van der Waals surface area contributed by atoms with Crippen LogP contribution in [0.5, 0.6) is 0 Å². The van der Waals surface area contributed by atoms with Crippen LogP contribution in [0.25, 0.3) is 0 Å². The van der Waals surface area contributed by atoms with Crippen LogP contribution in [-0.4, -0.2) is 25.5 Å². The second kappa shape index (κ2) is 6.19. The van der Waals surface area contributed by atoms with Gasteiger partial charge in [-0.1, -0.05) is 24.3 Å². The van der Waals surface area contributed by atoms with Crippen molar-refractivity contribution < 1.29 is 18.0 Å². The Hall–Kier alpha value is -1.99. The quantitative estimate of drug-likeness (QED) is 0.852. The Kier molecular flexibility index (Phi) is 4.54. The second-order valence-corrected chi connectivity index (χ2v) is 7.26. The lowest BCUT2D eigenvalue weighted by atomic mass is 10.3. The molecule has 21 heavy (non-hydrogen) atoms. The van der Waals surface area contributed by atoms with E-state index in [0.717, 1.165) is 11.3 Å². The molecule has 1 amide bonds. The van der Waals surface area contributed by atoms with Gasteiger partial charge < -0.3 is 5.32 Å². The standard InChI is InChI=1S/C14H13NO4S2/c1-10(16)15-14(13(17)12-8-5-9-20-12)21(18,19)11-6-3-2-4-7-11/h2-9,14H,1H3,(H,15,16). The highest BCUT2D eigenvalue weighted by atomic mass is 32.2. The van der Waals surface area contributed by atoms with Gasteiger partial charge in [-0.25, -0.2) is 8.42 Å². The highest BCUT2D eigenvalue weighted by Gasteiger charge is 2.35. The third-order valence-electron chi connectivity index (χ3n) is 2.72. The fraction of sp³-hybridized carbons (Fsp3) is 0.143. The molecule has 0 spiro atoms. The molecule has 0 aliphatic rings. The first-order valence-electron chi connectivity index (χ1n) is 6.06. The molecule has 2 rings (SSSR count). The van der Waals surface area contributed by atoms with E-state index < -0.39 is 26.9 Å². The molecule has 7 heteroatoms. The molecule has 0 bridgehead atoms. The first-order chi connectivity index (χ1) is 9.93. The summed E-state index contributed by atoms with van der Waals surface area (Å²) in [5, 5.41) is 2.30. The molecule has 110 valence electrons. The maximum atomic E-state index is 12.6. The molecule has 2 aromatic rings. The maximum Gasteiger partial charge on any atom is 0.218 e. The number of rotatable bonds is 5. The Morgan fingerprint density at radius 1 is 1.10 bits per heavy atom. The molecule has 1 heterocycles. The minimum absolute atomic E-state index is 0.00587. The van der Waals surface area contributed by atoms with Crippen LogP contribution < -0.4 is 5.32 Å². The summed E-state index contributed by atoms with van der Waals surface area (Å²) in [6.07, 6.45) is 0. The molecule has 0 saturated carbocycles. The summed E-state index contributed by atoms with van der Waals surface area (Å²) in [6, 6.07) is 10.8. The number of Topliss-reactive ketones (excluding diaryl/α,β-unsaturated/α-hetero) is 1. The number of nitrogens with one attached hydrogen (secondary N) is 1. The molecule has 1 aromatic carbocycles. The molecule has 1 atom stereocenters. The molecule has 0 aliphatic carbocycles. The lowest BCUT2D eigenvalue weighted by molar-refractivity contribution is -0.119. The average Bonchev–Trinajstić information content (AvgIpc) is 2.99. The van der Waals surface area contributed by atoms with Crippen LogP contribution >= 0.6 is 11.3 Å². The zero-order valence-corrected chi connectivity index (χ0v) is 12.8. The zero-order chi connectivity index (χ0) is 15.5. The van der Waals surface area contributed by atoms with E-state index >= 15 is 0 Å². The predicted molar refractivity (Wildman–Crippen MR) is 79.9 cm³/mol. The van der Waals surface area contributed by atoms with Crippen LogP contribution in [0.4, 0.5) is 0 Å². The van der Waals surface area contributed by atoms with Crippen LogP contribution in [0, 0.1) is 0 Å². The molecule has 0 aliphatic heterocycles. The van der Waals surface area contributed by atoms with Crippen molar-refractivity contribution in [1.29, 1.82) is 0 Å². The van der Waals surface area contributed by atoms with Crippen molar-refractivity contribution in [2.45, 2.75) is 17.2 Å². The van der Waals surface area contributed by atoms with Crippen LogP contribution in [0.1, 0.15) is 16.6 Å². The van der Waals surface area contributed by atoms with E-state index in [1.54, 1.807) is 29.6 Å². The van der Waals surface area contributed by atoms with Gasteiger partial charge in [0, 0.05) is 6.92 Å². The van der Waals surface area contributed by atoms with Crippen LogP contribution in [0.15, 0.2) is 52.7 Å². The van der Waals surface area contributed by atoms with E-state index in [1.807, 2.05) is 0 Å². The molecule has 0 saturated heterocycles. The van der Waals surface area contributed by atoms with Crippen LogP contribution in [-0.2, 0) is 14.6 Å². The van der Waals surface area contributed by atoms with Gasteiger partial charge in [-0.15, -0.1) is 11.3 Å². The average molecular weight is 323 g/mol. The van der Waals surface area contributed by atoms with Gasteiger partial charge in [-0.2, -0.15) is 0 Å². The minimum Gasteiger partial charge on any atom is -0.333 e. The monoisotopic (exact) mass is 323 g/mol. The normalized spacial score (nSPS) is 12.6. The van der Waals surface area contributed by atoms with Crippen molar-refractivity contribution in [1.82, 2.24) is 5.32 Å². The third kappa shape index (κ3) is 3.37. The summed E-state index contributed by atoms with van der Waals surface area (Å²) in [5.41, 5.74) is 0. The predicted octanol–water partition coefficient (Wildman–Crippen LogP) is 1.87. The number of ketones is 1. The number of benzene rings is 1. The summed E-state index contributed by atoms with van der Waals surface area (Å²) >= 11 is 1.13. The van der Waals surface area contributed by atoms with Crippen LogP contribution in [0.3, 0.4) is 0 Å². The first-order valence-corrected chi connectivity index (χ1v) is 8.49. The number of thiophene rings is 1. The van der Waals surface area contributed by atoms with Crippen molar-refractivity contribution in [2.24, 2.45) is 0 Å². The lowest BCUT2D eigenvalue weighted by Crippen LogP contribution is -2.45. The number of hydrogen-bond acceptors (Lipinski definition) is 5. The molecular weight excluding hydrogens is 310 g/mol. The summed E-state index contributed by atoms with van der Waals surface area (Å²) < 4.78 is 25.1. The number of carbonyl (C=O) groups is 2. The van der Waals surface area contributed by atoms with E-state index in [2.05, 4.69) is 5.32 Å². The summed E-state index contributed by atoms with van der Waals surface area (Å²) in [7, 11) is -4.00. The van der Waals surface area contributed by atoms with Crippen molar-refractivity contribution in [3.8, 4) is 0 Å². The Bertz CT molecular complexity index is 737. The Morgan fingerprint density at radius 3 is 2.29 bits per heavy atom. The number of amides is 1. The van der Waals surface area contributed by atoms with Gasteiger partial charge in [0.1, 0.15) is 0 Å². The van der Waals surface area contributed by atoms with Gasteiger partial charge in [0.15, 0.2) is 0 Å². The molecule has 1 unspecified atom stereocenters. The van der Waals surface area contributed by atoms with Gasteiger partial charge in [0.05, 0.1) is 9.77 Å². The Labute approximate surface area is 126 Å². The number of sulfone groups is 1. The smallest absolute Gasteiger partial charge is 0.218 e. The lowest BCUT2D eigenvalue weighted by Gasteiger charge is -2.16. The largest absolute Gasteiger partial charge is 0.333 e. The highest BCUT2D eigenvalue weighted by molar-refractivity contribution is 7.92. The van der Waals surface area contributed by atoms with Gasteiger partial charge >= 0.3 is 0 Å². The van der Waals surface area contributed by atoms with E-state index in [1.165, 1.54) is 25.1 Å². The minimum atomic E-state index is -4.00. The van der Waals surface area contributed by atoms with Crippen molar-refractivity contribution >= 4 is 32.9 Å². The van der Waals surface area contributed by atoms with E-state index in [-0.39, 0.29) is 9.77 Å². The number of hydrogen-bond donors (Lipinski definition) is 1. The SMILES string of the molecule is CC(=O)NC(C(=O)c1cccs1)S(=O)(=O)c1ccccc1. The van der Waals surface area contributed by atoms with Crippen LogP contribution in [0.2, 0.25) is 0 Å². The van der Waals surface area contributed by atoms with Gasteiger partial charge in [0.2, 0.25) is 26.9 Å². The fourth-order valence-corrected chi connectivity index (χ4v) is 4.07. The molecule has 0 fully saturated rings. The Balaban J connectivity index is 2.46. The van der Waals surface area contributed by atoms with E-state index in [0.29, 0.717) is 0 Å². The summed E-state index contributed by atoms with van der Waals surface area (Å²) in [4.78, 5) is 23.9. The van der Waals surface area contributed by atoms with Crippen molar-refractivity contribution in [3.63, 3.8) is 0 Å². The summed E-state index contributed by atoms with van der Waals surface area (Å²) in [5.74, 6) is -1.21. The van der Waals surface area contributed by atoms with Gasteiger partial charge in [0.25, 0.3) is 0 Å². The topological polar surface area (TPSA) is 80.3 Å². The molecule has 1 aromatic heterocycles. The Morgan fingerprint density at radius 2 is 1.76 bits per heavy atom. The maximum absolute atomic E-state index is 12.6. The zero-order valence-electron chi connectivity index (χ0n) is 11.1. The van der Waals surface area contributed by atoms with Gasteiger partial charge in [-0.05, 0) is 23.6 Å². The van der Waals surface area contributed by atoms with Crippen molar-refractivity contribution in [3.05, 3.63) is 52.7 Å². The third-order valence-corrected chi connectivity index (χ3v) is 5.48. The molecule has 1 N–H and O–H groups in total. The number of carbonyl (C=O) groups excluding carboxylic acids is 2.